The van der Waals surface area contributed by atoms with Crippen molar-refractivity contribution >= 4 is 19.0 Å². The molecule has 0 bridgehead atoms. The zero-order valence-corrected chi connectivity index (χ0v) is 7.07. The first-order valence-electron chi connectivity index (χ1n) is 3.12. The Bertz CT molecular complexity index is 303. The van der Waals surface area contributed by atoms with E-state index in [0.717, 1.165) is 0 Å². The fourth-order valence-electron chi connectivity index (χ4n) is 0.823. The van der Waals surface area contributed by atoms with Crippen LogP contribution in [0.15, 0.2) is 18.2 Å². The minimum absolute atomic E-state index is 0. The van der Waals surface area contributed by atoms with Crippen LogP contribution in [0.2, 0.25) is 0 Å². The molecule has 13 heavy (non-hydrogen) atoms. The maximum Gasteiger partial charge on any atom is 0.271 e. The fraction of sp³-hybridized carbons (Fsp3) is 0.143. The summed E-state index contributed by atoms with van der Waals surface area (Å²) in [7, 11) is 5.36. The molecule has 0 aromatic heterocycles. The lowest BCUT2D eigenvalue weighted by Gasteiger charge is -1.96. The first-order valence-corrected chi connectivity index (χ1v) is 3.12. The average Bonchev–Trinajstić information content (AvgIpc) is 1.94. The van der Waals surface area contributed by atoms with Crippen LogP contribution in [0.4, 0.5) is 5.69 Å². The summed E-state index contributed by atoms with van der Waals surface area (Å²) in [5.41, 5.74) is 1.12. The minimum Gasteiger partial charge on any atom is -0.412 e. The number of aryl methyl sites for hydroxylation is 1. The molecule has 0 aliphatic rings. The van der Waals surface area contributed by atoms with Gasteiger partial charge in [-0.1, -0.05) is 17.6 Å². The molecule has 1 aromatic carbocycles. The molecule has 4 N–H and O–H groups in total. The van der Waals surface area contributed by atoms with Gasteiger partial charge in [-0.05, 0) is 6.92 Å². The van der Waals surface area contributed by atoms with Crippen molar-refractivity contribution in [2.24, 2.45) is 0 Å². The van der Waals surface area contributed by atoms with Gasteiger partial charge < -0.3 is 11.0 Å². The molecule has 1 rings (SSSR count). The van der Waals surface area contributed by atoms with Crippen LogP contribution >= 0.6 is 0 Å². The lowest BCUT2D eigenvalue weighted by molar-refractivity contribution is -0.385. The number of nitro benzene ring substituents is 1. The topological polar surface area (TPSA) is 106 Å². The SMILES string of the molecule is O.O.[B]c1ccc(C)c([N+](=O)[O-])c1. The van der Waals surface area contributed by atoms with Gasteiger partial charge in [0.2, 0.25) is 0 Å². The number of hydrogen-bond donors (Lipinski definition) is 0. The summed E-state index contributed by atoms with van der Waals surface area (Å²) >= 11 is 0. The van der Waals surface area contributed by atoms with Gasteiger partial charge in [-0.2, -0.15) is 0 Å². The largest absolute Gasteiger partial charge is 0.412 e. The molecule has 0 saturated heterocycles. The second-order valence-corrected chi connectivity index (χ2v) is 2.30. The normalized spacial score (nSPS) is 8.08. The molecule has 0 amide bonds. The summed E-state index contributed by atoms with van der Waals surface area (Å²) in [6.45, 7) is 1.68. The van der Waals surface area contributed by atoms with Crippen LogP contribution in [0.1, 0.15) is 5.56 Å². The Morgan fingerprint density at radius 3 is 2.31 bits per heavy atom. The third-order valence-electron chi connectivity index (χ3n) is 1.43. The number of rotatable bonds is 1. The number of hydrogen-bond acceptors (Lipinski definition) is 2. The molecule has 0 unspecified atom stereocenters. The Labute approximate surface area is 76.6 Å². The predicted octanol–water partition coefficient (Wildman–Crippen LogP) is -0.952. The Morgan fingerprint density at radius 1 is 1.38 bits per heavy atom. The molecule has 0 heterocycles. The smallest absolute Gasteiger partial charge is 0.271 e. The summed E-state index contributed by atoms with van der Waals surface area (Å²) < 4.78 is 0. The molecule has 70 valence electrons. The lowest BCUT2D eigenvalue weighted by atomic mass is 9.94. The fourth-order valence-corrected chi connectivity index (χ4v) is 0.823. The van der Waals surface area contributed by atoms with E-state index in [9.17, 15) is 10.1 Å². The summed E-state index contributed by atoms with van der Waals surface area (Å²) in [5.74, 6) is 0. The van der Waals surface area contributed by atoms with Crippen LogP contribution in [0.5, 0.6) is 0 Å². The molecular formula is C7H10BNO4. The van der Waals surface area contributed by atoms with Crippen LogP contribution in [0, 0.1) is 17.0 Å². The molecule has 5 nitrogen and oxygen atoms in total. The van der Waals surface area contributed by atoms with Gasteiger partial charge in [-0.25, -0.2) is 0 Å². The van der Waals surface area contributed by atoms with E-state index in [1.165, 1.54) is 6.07 Å². The Hall–Kier alpha value is -1.40. The highest BCUT2D eigenvalue weighted by atomic mass is 16.6. The van der Waals surface area contributed by atoms with Gasteiger partial charge in [-0.15, -0.1) is 0 Å². The Balaban J connectivity index is 0. The summed E-state index contributed by atoms with van der Waals surface area (Å²) in [4.78, 5) is 9.89. The molecule has 2 radical (unpaired) electrons. The summed E-state index contributed by atoms with van der Waals surface area (Å²) in [6.07, 6.45) is 0. The number of nitrogens with zero attached hydrogens (tertiary/aromatic N) is 1. The highest BCUT2D eigenvalue weighted by Crippen LogP contribution is 2.13. The standard InChI is InChI=1S/C7H6BNO2.2H2O/c1-5-2-3-6(8)4-7(5)9(10)11;;/h2-4H,1H3;2*1H2. The number of benzene rings is 1. The Kier molecular flexibility index (Phi) is 5.75. The van der Waals surface area contributed by atoms with E-state index >= 15 is 0 Å². The molecular weight excluding hydrogens is 173 g/mol. The van der Waals surface area contributed by atoms with Gasteiger partial charge in [-0.3, -0.25) is 10.1 Å². The summed E-state index contributed by atoms with van der Waals surface area (Å²) in [6, 6.07) is 4.63. The maximum atomic E-state index is 10.3. The lowest BCUT2D eigenvalue weighted by Crippen LogP contribution is -2.04. The summed E-state index contributed by atoms with van der Waals surface area (Å²) in [5, 5.41) is 10.3. The van der Waals surface area contributed by atoms with Crippen LogP contribution in [-0.4, -0.2) is 23.7 Å². The molecule has 0 saturated carbocycles. The van der Waals surface area contributed by atoms with Crippen molar-refractivity contribution in [1.29, 1.82) is 0 Å². The molecule has 0 aliphatic carbocycles. The minimum atomic E-state index is -0.439. The van der Waals surface area contributed by atoms with Crippen molar-refractivity contribution in [3.63, 3.8) is 0 Å². The van der Waals surface area contributed by atoms with Gasteiger partial charge in [0.25, 0.3) is 5.69 Å². The highest BCUT2D eigenvalue weighted by Gasteiger charge is 2.08. The van der Waals surface area contributed by atoms with Crippen molar-refractivity contribution < 1.29 is 15.9 Å². The molecule has 0 aliphatic heterocycles. The van der Waals surface area contributed by atoms with Crippen molar-refractivity contribution in [1.82, 2.24) is 0 Å². The van der Waals surface area contributed by atoms with Crippen molar-refractivity contribution in [2.45, 2.75) is 6.92 Å². The van der Waals surface area contributed by atoms with E-state index in [1.54, 1.807) is 19.1 Å². The van der Waals surface area contributed by atoms with Gasteiger partial charge in [0.05, 0.1) is 4.92 Å². The van der Waals surface area contributed by atoms with Crippen LogP contribution in [-0.2, 0) is 0 Å². The van der Waals surface area contributed by atoms with Gasteiger partial charge in [0, 0.05) is 11.6 Å². The van der Waals surface area contributed by atoms with Crippen molar-refractivity contribution in [3.05, 3.63) is 33.9 Å². The first kappa shape index (κ1) is 14.1. The second kappa shape index (κ2) is 5.29. The molecule has 0 spiro atoms. The third kappa shape index (κ3) is 3.22. The maximum absolute atomic E-state index is 10.3. The van der Waals surface area contributed by atoms with E-state index in [0.29, 0.717) is 11.0 Å². The van der Waals surface area contributed by atoms with Crippen molar-refractivity contribution in [2.75, 3.05) is 0 Å². The van der Waals surface area contributed by atoms with Crippen molar-refractivity contribution in [3.8, 4) is 0 Å². The Morgan fingerprint density at radius 2 is 1.92 bits per heavy atom. The van der Waals surface area contributed by atoms with Crippen LogP contribution in [0.25, 0.3) is 0 Å². The zero-order valence-electron chi connectivity index (χ0n) is 7.07. The molecule has 6 heteroatoms. The third-order valence-corrected chi connectivity index (χ3v) is 1.43. The van der Waals surface area contributed by atoms with E-state index in [1.807, 2.05) is 0 Å². The van der Waals surface area contributed by atoms with E-state index < -0.39 is 4.92 Å². The van der Waals surface area contributed by atoms with Crippen LogP contribution < -0.4 is 5.46 Å². The molecule has 0 fully saturated rings. The van der Waals surface area contributed by atoms with E-state index in [4.69, 9.17) is 7.85 Å². The van der Waals surface area contributed by atoms with Gasteiger partial charge in [0.15, 0.2) is 0 Å². The quantitative estimate of drug-likeness (QED) is 0.317. The van der Waals surface area contributed by atoms with E-state index in [2.05, 4.69) is 0 Å². The monoisotopic (exact) mass is 183 g/mol. The first-order chi connectivity index (χ1) is 5.11. The van der Waals surface area contributed by atoms with Gasteiger partial charge >= 0.3 is 0 Å². The highest BCUT2D eigenvalue weighted by molar-refractivity contribution is 6.32. The number of nitro groups is 1. The predicted molar refractivity (Wildman–Crippen MR) is 50.4 cm³/mol. The average molecular weight is 183 g/mol. The van der Waals surface area contributed by atoms with E-state index in [-0.39, 0.29) is 16.6 Å². The zero-order chi connectivity index (χ0) is 8.43. The van der Waals surface area contributed by atoms with Crippen LogP contribution in [0.3, 0.4) is 0 Å². The molecule has 1 aromatic rings. The van der Waals surface area contributed by atoms with Gasteiger partial charge in [0.1, 0.15) is 7.85 Å². The molecule has 0 atom stereocenters. The second-order valence-electron chi connectivity index (χ2n) is 2.30.